The lowest BCUT2D eigenvalue weighted by atomic mass is 10.2. The van der Waals surface area contributed by atoms with Gasteiger partial charge in [-0.05, 0) is 25.5 Å². The van der Waals surface area contributed by atoms with Crippen molar-refractivity contribution in [2.24, 2.45) is 4.99 Å². The first-order valence-corrected chi connectivity index (χ1v) is 8.18. The second-order valence-electron chi connectivity index (χ2n) is 5.40. The lowest BCUT2D eigenvalue weighted by Crippen LogP contribution is -2.52. The highest BCUT2D eigenvalue weighted by molar-refractivity contribution is 14.0. The third-order valence-corrected chi connectivity index (χ3v) is 3.81. The number of halogens is 1. The van der Waals surface area contributed by atoms with E-state index in [1.807, 2.05) is 0 Å². The maximum atomic E-state index is 4.74. The van der Waals surface area contributed by atoms with Crippen molar-refractivity contribution < 1.29 is 0 Å². The number of unbranched alkanes of at least 4 members (excludes halogenated alkanes) is 1. The van der Waals surface area contributed by atoms with Gasteiger partial charge < -0.3 is 15.1 Å². The molecule has 0 aromatic heterocycles. The fraction of sp³-hybridized carbons (Fsp3) is 0.588. The molecular weight excluding hydrogens is 387 g/mol. The van der Waals surface area contributed by atoms with Crippen molar-refractivity contribution in [2.75, 3.05) is 44.2 Å². The molecule has 0 amide bonds. The van der Waals surface area contributed by atoms with E-state index in [9.17, 15) is 0 Å². The van der Waals surface area contributed by atoms with Gasteiger partial charge in [0.25, 0.3) is 0 Å². The molecule has 0 atom stereocenters. The number of piperazine rings is 1. The van der Waals surface area contributed by atoms with Crippen LogP contribution in [0.3, 0.4) is 0 Å². The largest absolute Gasteiger partial charge is 0.368 e. The lowest BCUT2D eigenvalue weighted by molar-refractivity contribution is 0.372. The Morgan fingerprint density at radius 1 is 1.09 bits per heavy atom. The molecular formula is C17H29IN4. The summed E-state index contributed by atoms with van der Waals surface area (Å²) in [6.07, 6.45) is 2.36. The number of benzene rings is 1. The molecule has 0 unspecified atom stereocenters. The number of rotatable bonds is 5. The Balaban J connectivity index is 0.00000242. The predicted octanol–water partition coefficient (Wildman–Crippen LogP) is 3.19. The molecule has 0 bridgehead atoms. The molecule has 5 heteroatoms. The van der Waals surface area contributed by atoms with Crippen molar-refractivity contribution in [2.45, 2.75) is 26.7 Å². The van der Waals surface area contributed by atoms with Gasteiger partial charge in [-0.15, -0.1) is 24.0 Å². The topological polar surface area (TPSA) is 30.9 Å². The van der Waals surface area contributed by atoms with Crippen LogP contribution in [0.15, 0.2) is 35.3 Å². The normalized spacial score (nSPS) is 15.5. The molecule has 2 rings (SSSR count). The molecule has 0 spiro atoms. The predicted molar refractivity (Wildman–Crippen MR) is 107 cm³/mol. The van der Waals surface area contributed by atoms with E-state index >= 15 is 0 Å². The zero-order valence-electron chi connectivity index (χ0n) is 13.8. The van der Waals surface area contributed by atoms with Crippen LogP contribution in [0.4, 0.5) is 5.69 Å². The van der Waals surface area contributed by atoms with Crippen LogP contribution in [0.1, 0.15) is 26.7 Å². The summed E-state index contributed by atoms with van der Waals surface area (Å²) in [6, 6.07) is 10.7. The van der Waals surface area contributed by atoms with Gasteiger partial charge in [-0.2, -0.15) is 0 Å². The quantitative estimate of drug-likeness (QED) is 0.346. The van der Waals surface area contributed by atoms with E-state index in [0.29, 0.717) is 0 Å². The molecule has 1 aliphatic rings. The zero-order valence-corrected chi connectivity index (χ0v) is 16.1. The molecule has 1 aliphatic heterocycles. The van der Waals surface area contributed by atoms with Gasteiger partial charge in [0.2, 0.25) is 0 Å². The molecule has 1 aromatic carbocycles. The van der Waals surface area contributed by atoms with Crippen molar-refractivity contribution in [3.05, 3.63) is 30.3 Å². The standard InChI is InChI=1S/C17H28N4.HI/c1-3-5-11-19-17(18-4-2)21-14-12-20(13-15-21)16-9-7-6-8-10-16;/h6-10H,3-5,11-15H2,1-2H3,(H,18,19);1H. The molecule has 0 aliphatic carbocycles. The first-order valence-electron chi connectivity index (χ1n) is 8.18. The third kappa shape index (κ3) is 5.66. The van der Waals surface area contributed by atoms with Gasteiger partial charge in [0, 0.05) is 45.0 Å². The average molecular weight is 416 g/mol. The Morgan fingerprint density at radius 3 is 2.36 bits per heavy atom. The second-order valence-corrected chi connectivity index (χ2v) is 5.40. The van der Waals surface area contributed by atoms with Gasteiger partial charge in [-0.1, -0.05) is 31.5 Å². The Hall–Kier alpha value is -0.980. The van der Waals surface area contributed by atoms with Gasteiger partial charge in [-0.25, -0.2) is 0 Å². The zero-order chi connectivity index (χ0) is 14.9. The Morgan fingerprint density at radius 2 is 1.77 bits per heavy atom. The highest BCUT2D eigenvalue weighted by Crippen LogP contribution is 2.15. The van der Waals surface area contributed by atoms with Crippen molar-refractivity contribution >= 4 is 35.6 Å². The van der Waals surface area contributed by atoms with E-state index in [4.69, 9.17) is 4.99 Å². The van der Waals surface area contributed by atoms with Gasteiger partial charge in [0.1, 0.15) is 0 Å². The van der Waals surface area contributed by atoms with Crippen molar-refractivity contribution in [3.8, 4) is 0 Å². The van der Waals surface area contributed by atoms with E-state index in [1.54, 1.807) is 0 Å². The number of guanidine groups is 1. The van der Waals surface area contributed by atoms with E-state index < -0.39 is 0 Å². The van der Waals surface area contributed by atoms with E-state index in [0.717, 1.165) is 45.2 Å². The van der Waals surface area contributed by atoms with Gasteiger partial charge in [0.05, 0.1) is 0 Å². The molecule has 1 saturated heterocycles. The lowest BCUT2D eigenvalue weighted by Gasteiger charge is -2.37. The fourth-order valence-electron chi connectivity index (χ4n) is 2.58. The van der Waals surface area contributed by atoms with Crippen molar-refractivity contribution in [1.29, 1.82) is 0 Å². The molecule has 1 heterocycles. The summed E-state index contributed by atoms with van der Waals surface area (Å²) in [5.74, 6) is 1.08. The summed E-state index contributed by atoms with van der Waals surface area (Å²) in [6.45, 7) is 10.4. The summed E-state index contributed by atoms with van der Waals surface area (Å²) in [5.41, 5.74) is 1.32. The molecule has 1 N–H and O–H groups in total. The second kappa shape index (κ2) is 10.7. The number of aliphatic imine (C=N–C) groups is 1. The highest BCUT2D eigenvalue weighted by Gasteiger charge is 2.19. The molecule has 124 valence electrons. The number of nitrogens with zero attached hydrogens (tertiary/aromatic N) is 3. The monoisotopic (exact) mass is 416 g/mol. The van der Waals surface area contributed by atoms with Crippen LogP contribution in [-0.2, 0) is 0 Å². The first kappa shape index (κ1) is 19.1. The number of nitrogens with one attached hydrogen (secondary N) is 1. The fourth-order valence-corrected chi connectivity index (χ4v) is 2.58. The van der Waals surface area contributed by atoms with Crippen LogP contribution < -0.4 is 10.2 Å². The number of anilines is 1. The van der Waals surface area contributed by atoms with Crippen LogP contribution in [0.25, 0.3) is 0 Å². The summed E-state index contributed by atoms with van der Waals surface area (Å²) in [4.78, 5) is 9.58. The molecule has 0 radical (unpaired) electrons. The molecule has 1 fully saturated rings. The third-order valence-electron chi connectivity index (χ3n) is 3.81. The number of hydrogen-bond donors (Lipinski definition) is 1. The van der Waals surface area contributed by atoms with E-state index in [1.165, 1.54) is 18.5 Å². The SMILES string of the molecule is CCCCN=C(NCC)N1CCN(c2ccccc2)CC1.I. The Bertz CT molecular complexity index is 428. The molecule has 0 saturated carbocycles. The summed E-state index contributed by atoms with van der Waals surface area (Å²) >= 11 is 0. The summed E-state index contributed by atoms with van der Waals surface area (Å²) in [5, 5.41) is 3.42. The summed E-state index contributed by atoms with van der Waals surface area (Å²) < 4.78 is 0. The summed E-state index contributed by atoms with van der Waals surface area (Å²) in [7, 11) is 0. The van der Waals surface area contributed by atoms with E-state index in [2.05, 4.69) is 59.3 Å². The number of para-hydroxylation sites is 1. The van der Waals surface area contributed by atoms with Crippen LogP contribution in [0, 0.1) is 0 Å². The molecule has 1 aromatic rings. The van der Waals surface area contributed by atoms with Crippen LogP contribution in [0.5, 0.6) is 0 Å². The minimum absolute atomic E-state index is 0. The van der Waals surface area contributed by atoms with Crippen LogP contribution >= 0.6 is 24.0 Å². The minimum atomic E-state index is 0. The minimum Gasteiger partial charge on any atom is -0.368 e. The average Bonchev–Trinajstić information content (AvgIpc) is 2.55. The van der Waals surface area contributed by atoms with Crippen LogP contribution in [0.2, 0.25) is 0 Å². The smallest absolute Gasteiger partial charge is 0.194 e. The molecule has 22 heavy (non-hydrogen) atoms. The van der Waals surface area contributed by atoms with Crippen molar-refractivity contribution in [3.63, 3.8) is 0 Å². The number of hydrogen-bond acceptors (Lipinski definition) is 2. The van der Waals surface area contributed by atoms with E-state index in [-0.39, 0.29) is 24.0 Å². The Kier molecular flexibility index (Phi) is 9.27. The maximum absolute atomic E-state index is 4.74. The van der Waals surface area contributed by atoms with Gasteiger partial charge in [-0.3, -0.25) is 4.99 Å². The molecule has 4 nitrogen and oxygen atoms in total. The first-order chi connectivity index (χ1) is 10.3. The van der Waals surface area contributed by atoms with Crippen molar-refractivity contribution in [1.82, 2.24) is 10.2 Å². The van der Waals surface area contributed by atoms with Gasteiger partial charge >= 0.3 is 0 Å². The maximum Gasteiger partial charge on any atom is 0.194 e. The Labute approximate surface area is 152 Å². The van der Waals surface area contributed by atoms with Gasteiger partial charge in [0.15, 0.2) is 5.96 Å². The highest BCUT2D eigenvalue weighted by atomic mass is 127. The van der Waals surface area contributed by atoms with Crippen LogP contribution in [-0.4, -0.2) is 50.1 Å².